The summed E-state index contributed by atoms with van der Waals surface area (Å²) in [5.41, 5.74) is 0. The highest BCUT2D eigenvalue weighted by molar-refractivity contribution is 5.69. The molecule has 4 heteroatoms. The normalized spacial score (nSPS) is 22.3. The van der Waals surface area contributed by atoms with Gasteiger partial charge in [0.15, 0.2) is 0 Å². The van der Waals surface area contributed by atoms with E-state index in [0.29, 0.717) is 13.0 Å². The van der Waals surface area contributed by atoms with Crippen LogP contribution in [0.25, 0.3) is 0 Å². The fourth-order valence-electron chi connectivity index (χ4n) is 3.90. The molecule has 0 aromatic heterocycles. The van der Waals surface area contributed by atoms with Crippen molar-refractivity contribution in [3.63, 3.8) is 0 Å². The van der Waals surface area contributed by atoms with Crippen molar-refractivity contribution in [2.45, 2.75) is 70.8 Å². The van der Waals surface area contributed by atoms with Crippen LogP contribution in [0.5, 0.6) is 0 Å². The minimum Gasteiger partial charge on any atom is -0.466 e. The van der Waals surface area contributed by atoms with Gasteiger partial charge in [-0.2, -0.15) is 0 Å². The molecule has 0 unspecified atom stereocenters. The molecule has 4 nitrogen and oxygen atoms in total. The van der Waals surface area contributed by atoms with E-state index in [1.807, 2.05) is 0 Å². The van der Waals surface area contributed by atoms with Gasteiger partial charge in [-0.25, -0.2) is 0 Å². The third-order valence-electron chi connectivity index (χ3n) is 5.62. The van der Waals surface area contributed by atoms with Gasteiger partial charge in [0.2, 0.25) is 0 Å². The SMILES string of the molecule is CCCCCOC(=O)CCC1CCN(C2CCN(C)CC2)CC1. The average Bonchev–Trinajstić information content (AvgIpc) is 2.58. The van der Waals surface area contributed by atoms with Gasteiger partial charge in [0.25, 0.3) is 0 Å². The van der Waals surface area contributed by atoms with Crippen LogP contribution in [0.3, 0.4) is 0 Å². The van der Waals surface area contributed by atoms with E-state index in [0.717, 1.165) is 31.2 Å². The van der Waals surface area contributed by atoms with E-state index in [1.54, 1.807) is 0 Å². The Bertz CT molecular complexity index is 332. The van der Waals surface area contributed by atoms with E-state index in [-0.39, 0.29) is 5.97 Å². The van der Waals surface area contributed by atoms with Crippen LogP contribution >= 0.6 is 0 Å². The first-order chi connectivity index (χ1) is 11.2. The molecule has 0 saturated carbocycles. The van der Waals surface area contributed by atoms with E-state index in [4.69, 9.17) is 4.74 Å². The summed E-state index contributed by atoms with van der Waals surface area (Å²) in [5.74, 6) is 0.736. The number of nitrogens with zero attached hydrogens (tertiary/aromatic N) is 2. The highest BCUT2D eigenvalue weighted by Crippen LogP contribution is 2.26. The van der Waals surface area contributed by atoms with E-state index >= 15 is 0 Å². The second kappa shape index (κ2) is 10.3. The first kappa shape index (κ1) is 18.7. The van der Waals surface area contributed by atoms with Crippen LogP contribution in [-0.4, -0.2) is 61.6 Å². The summed E-state index contributed by atoms with van der Waals surface area (Å²) in [6, 6.07) is 0.802. The number of ether oxygens (including phenoxy) is 1. The molecular weight excluding hydrogens is 288 g/mol. The Labute approximate surface area is 142 Å². The lowest BCUT2D eigenvalue weighted by molar-refractivity contribution is -0.144. The summed E-state index contributed by atoms with van der Waals surface area (Å²) < 4.78 is 5.31. The number of carbonyl (C=O) groups excluding carboxylic acids is 1. The molecule has 0 bridgehead atoms. The molecule has 2 aliphatic heterocycles. The molecule has 0 atom stereocenters. The molecule has 2 rings (SSSR count). The fourth-order valence-corrected chi connectivity index (χ4v) is 3.90. The molecule has 0 radical (unpaired) electrons. The number of hydrogen-bond acceptors (Lipinski definition) is 4. The Morgan fingerprint density at radius 3 is 2.39 bits per heavy atom. The minimum absolute atomic E-state index is 0.0128. The summed E-state index contributed by atoms with van der Waals surface area (Å²) in [5, 5.41) is 0. The molecule has 134 valence electrons. The summed E-state index contributed by atoms with van der Waals surface area (Å²) in [7, 11) is 2.23. The summed E-state index contributed by atoms with van der Waals surface area (Å²) >= 11 is 0. The average molecular weight is 325 g/mol. The monoisotopic (exact) mass is 324 g/mol. The van der Waals surface area contributed by atoms with Crippen molar-refractivity contribution in [1.82, 2.24) is 9.80 Å². The van der Waals surface area contributed by atoms with Crippen LogP contribution in [0.4, 0.5) is 0 Å². The number of hydrogen-bond donors (Lipinski definition) is 0. The van der Waals surface area contributed by atoms with Gasteiger partial charge in [-0.05, 0) is 77.7 Å². The number of likely N-dealkylation sites (tertiary alicyclic amines) is 2. The van der Waals surface area contributed by atoms with Gasteiger partial charge >= 0.3 is 5.97 Å². The first-order valence-corrected chi connectivity index (χ1v) is 9.77. The molecule has 0 amide bonds. The van der Waals surface area contributed by atoms with Crippen LogP contribution < -0.4 is 0 Å². The van der Waals surface area contributed by atoms with Gasteiger partial charge in [-0.3, -0.25) is 4.79 Å². The maximum atomic E-state index is 11.8. The predicted octanol–water partition coefficient (Wildman–Crippen LogP) is 3.31. The quantitative estimate of drug-likeness (QED) is 0.506. The smallest absolute Gasteiger partial charge is 0.305 e. The van der Waals surface area contributed by atoms with Crippen molar-refractivity contribution in [2.24, 2.45) is 5.92 Å². The molecular formula is C19H36N2O2. The molecule has 0 spiro atoms. The van der Waals surface area contributed by atoms with Gasteiger partial charge in [-0.15, -0.1) is 0 Å². The van der Waals surface area contributed by atoms with E-state index in [2.05, 4.69) is 23.8 Å². The summed E-state index contributed by atoms with van der Waals surface area (Å²) in [6.45, 7) is 7.72. The highest BCUT2D eigenvalue weighted by Gasteiger charge is 2.27. The Morgan fingerprint density at radius 2 is 1.74 bits per heavy atom. The van der Waals surface area contributed by atoms with Crippen molar-refractivity contribution >= 4 is 5.97 Å². The van der Waals surface area contributed by atoms with E-state index < -0.39 is 0 Å². The number of unbranched alkanes of at least 4 members (excludes halogenated alkanes) is 2. The van der Waals surface area contributed by atoms with Crippen LogP contribution in [0.15, 0.2) is 0 Å². The van der Waals surface area contributed by atoms with Crippen LogP contribution in [0, 0.1) is 5.92 Å². The topological polar surface area (TPSA) is 32.8 Å². The third-order valence-corrected chi connectivity index (χ3v) is 5.62. The van der Waals surface area contributed by atoms with Gasteiger partial charge in [-0.1, -0.05) is 19.8 Å². The largest absolute Gasteiger partial charge is 0.466 e. The second-order valence-corrected chi connectivity index (χ2v) is 7.48. The Hall–Kier alpha value is -0.610. The second-order valence-electron chi connectivity index (χ2n) is 7.48. The van der Waals surface area contributed by atoms with E-state index in [9.17, 15) is 4.79 Å². The number of carbonyl (C=O) groups is 1. The van der Waals surface area contributed by atoms with Gasteiger partial charge in [0.1, 0.15) is 0 Å². The molecule has 2 heterocycles. The molecule has 2 fully saturated rings. The Balaban J connectivity index is 1.55. The number of rotatable bonds is 8. The zero-order valence-electron chi connectivity index (χ0n) is 15.3. The fraction of sp³-hybridized carbons (Fsp3) is 0.947. The molecule has 0 N–H and O–H groups in total. The lowest BCUT2D eigenvalue weighted by Gasteiger charge is -2.41. The third kappa shape index (κ3) is 6.80. The van der Waals surface area contributed by atoms with E-state index in [1.165, 1.54) is 58.3 Å². The Kier molecular flexibility index (Phi) is 8.38. The van der Waals surface area contributed by atoms with Crippen LogP contribution in [-0.2, 0) is 9.53 Å². The van der Waals surface area contributed by atoms with Crippen LogP contribution in [0.2, 0.25) is 0 Å². The van der Waals surface area contributed by atoms with Crippen molar-refractivity contribution < 1.29 is 9.53 Å². The number of esters is 1. The highest BCUT2D eigenvalue weighted by atomic mass is 16.5. The predicted molar refractivity (Wildman–Crippen MR) is 94.5 cm³/mol. The lowest BCUT2D eigenvalue weighted by Crippen LogP contribution is -2.46. The first-order valence-electron chi connectivity index (χ1n) is 9.77. The lowest BCUT2D eigenvalue weighted by atomic mass is 9.90. The Morgan fingerprint density at radius 1 is 1.04 bits per heavy atom. The molecule has 2 saturated heterocycles. The van der Waals surface area contributed by atoms with Crippen LogP contribution in [0.1, 0.15) is 64.7 Å². The van der Waals surface area contributed by atoms with Crippen molar-refractivity contribution in [2.75, 3.05) is 39.8 Å². The summed E-state index contributed by atoms with van der Waals surface area (Å²) in [6.07, 6.45) is 10.1. The standard InChI is InChI=1S/C19H36N2O2/c1-3-4-5-16-23-19(22)7-6-17-8-14-21(15-9-17)18-10-12-20(2)13-11-18/h17-18H,3-16H2,1-2H3. The van der Waals surface area contributed by atoms with Gasteiger partial charge in [0, 0.05) is 12.5 Å². The van der Waals surface area contributed by atoms with Crippen molar-refractivity contribution in [1.29, 1.82) is 0 Å². The molecule has 23 heavy (non-hydrogen) atoms. The zero-order chi connectivity index (χ0) is 16.5. The zero-order valence-corrected chi connectivity index (χ0v) is 15.3. The van der Waals surface area contributed by atoms with Crippen molar-refractivity contribution in [3.05, 3.63) is 0 Å². The maximum absolute atomic E-state index is 11.8. The van der Waals surface area contributed by atoms with Gasteiger partial charge in [0.05, 0.1) is 6.61 Å². The number of piperidine rings is 2. The van der Waals surface area contributed by atoms with Gasteiger partial charge < -0.3 is 14.5 Å². The minimum atomic E-state index is 0.0128. The molecule has 0 aromatic rings. The molecule has 2 aliphatic rings. The van der Waals surface area contributed by atoms with Crippen molar-refractivity contribution in [3.8, 4) is 0 Å². The molecule has 0 aliphatic carbocycles. The maximum Gasteiger partial charge on any atom is 0.305 e. The summed E-state index contributed by atoms with van der Waals surface area (Å²) in [4.78, 5) is 16.9. The molecule has 0 aromatic carbocycles.